The van der Waals surface area contributed by atoms with Gasteiger partial charge in [-0.3, -0.25) is 0 Å². The van der Waals surface area contributed by atoms with Gasteiger partial charge in [0.1, 0.15) is 5.82 Å². The van der Waals surface area contributed by atoms with E-state index in [0.29, 0.717) is 11.7 Å². The third-order valence-electron chi connectivity index (χ3n) is 3.39. The van der Waals surface area contributed by atoms with Crippen LogP contribution in [-0.2, 0) is 9.84 Å². The van der Waals surface area contributed by atoms with Gasteiger partial charge in [0.25, 0.3) is 0 Å². The zero-order valence-corrected chi connectivity index (χ0v) is 12.7. The van der Waals surface area contributed by atoms with Gasteiger partial charge in [0.15, 0.2) is 20.6 Å². The number of nitrogens with one attached hydrogen (secondary N) is 1. The smallest absolute Gasteiger partial charge is 0.182 e. The van der Waals surface area contributed by atoms with Crippen molar-refractivity contribution in [3.63, 3.8) is 0 Å². The highest BCUT2D eigenvalue weighted by Crippen LogP contribution is 2.42. The van der Waals surface area contributed by atoms with Crippen molar-refractivity contribution in [2.24, 2.45) is 5.92 Å². The lowest BCUT2D eigenvalue weighted by molar-refractivity contribution is 0.446. The summed E-state index contributed by atoms with van der Waals surface area (Å²) in [6.45, 7) is 5.91. The molecule has 1 aliphatic rings. The Bertz CT molecular complexity index is 573. The van der Waals surface area contributed by atoms with Gasteiger partial charge in [-0.2, -0.15) is 5.10 Å². The fourth-order valence-electron chi connectivity index (χ4n) is 2.25. The molecule has 0 spiro atoms. The number of nitrogens with zero attached hydrogens (tertiary/aromatic N) is 2. The highest BCUT2D eigenvalue weighted by atomic mass is 32.2. The highest BCUT2D eigenvalue weighted by molar-refractivity contribution is 7.91. The predicted molar refractivity (Wildman–Crippen MR) is 75.9 cm³/mol. The summed E-state index contributed by atoms with van der Waals surface area (Å²) in [7, 11) is -3.40. The number of sulfone groups is 1. The molecule has 1 aromatic rings. The molecule has 6 nitrogen and oxygen atoms in total. The van der Waals surface area contributed by atoms with Gasteiger partial charge in [0.05, 0.1) is 6.04 Å². The molecule has 0 radical (unpaired) electrons. The predicted octanol–water partition coefficient (Wildman–Crippen LogP) is 1.66. The second kappa shape index (κ2) is 4.70. The molecule has 3 N–H and O–H groups in total. The molecular weight excluding hydrogens is 264 g/mol. The molecule has 1 fully saturated rings. The Morgan fingerprint density at radius 3 is 2.37 bits per heavy atom. The van der Waals surface area contributed by atoms with Gasteiger partial charge in [-0.15, -0.1) is 0 Å². The molecule has 7 heteroatoms. The maximum atomic E-state index is 11.9. The fraction of sp³-hybridized carbons (Fsp3) is 0.750. The van der Waals surface area contributed by atoms with Crippen molar-refractivity contribution in [3.05, 3.63) is 0 Å². The molecule has 0 bridgehead atoms. The Balaban J connectivity index is 2.49. The Hall–Kier alpha value is -1.24. The molecule has 0 saturated heterocycles. The SMILES string of the molecule is CC(C)Nc1nn(C(C)C2CC2)c(N)c1S(C)(=O)=O. The van der Waals surface area contributed by atoms with E-state index < -0.39 is 9.84 Å². The standard InChI is InChI=1S/C12H22N4O2S/c1-7(2)14-12-10(19(4,17)18)11(13)16(15-12)8(3)9-5-6-9/h7-9H,5-6,13H2,1-4H3,(H,14,15). The summed E-state index contributed by atoms with van der Waals surface area (Å²) in [4.78, 5) is 0.119. The Kier molecular flexibility index (Phi) is 3.51. The lowest BCUT2D eigenvalue weighted by Crippen LogP contribution is -2.13. The van der Waals surface area contributed by atoms with Gasteiger partial charge in [-0.25, -0.2) is 13.1 Å². The van der Waals surface area contributed by atoms with E-state index in [2.05, 4.69) is 10.4 Å². The molecule has 1 unspecified atom stereocenters. The molecule has 1 aliphatic carbocycles. The van der Waals surface area contributed by atoms with Crippen molar-refractivity contribution < 1.29 is 8.42 Å². The summed E-state index contributed by atoms with van der Waals surface area (Å²) in [5, 5.41) is 7.44. The maximum absolute atomic E-state index is 11.9. The number of anilines is 2. The third kappa shape index (κ3) is 2.86. The molecule has 1 heterocycles. The van der Waals surface area contributed by atoms with Crippen LogP contribution in [0.1, 0.15) is 39.7 Å². The van der Waals surface area contributed by atoms with E-state index in [4.69, 9.17) is 5.73 Å². The quantitative estimate of drug-likeness (QED) is 0.859. The second-order valence-corrected chi connectivity index (χ2v) is 7.61. The molecule has 1 saturated carbocycles. The average Bonchev–Trinajstić information content (AvgIpc) is 3.01. The van der Waals surface area contributed by atoms with E-state index in [1.807, 2.05) is 20.8 Å². The first-order valence-electron chi connectivity index (χ1n) is 6.56. The zero-order chi connectivity index (χ0) is 14.4. The van der Waals surface area contributed by atoms with E-state index in [-0.39, 0.29) is 22.8 Å². The van der Waals surface area contributed by atoms with Crippen molar-refractivity contribution in [1.29, 1.82) is 0 Å². The third-order valence-corrected chi connectivity index (χ3v) is 4.53. The molecule has 0 amide bonds. The molecule has 1 atom stereocenters. The maximum Gasteiger partial charge on any atom is 0.182 e. The number of hydrogen-bond acceptors (Lipinski definition) is 5. The molecule has 0 aliphatic heterocycles. The van der Waals surface area contributed by atoms with Gasteiger partial charge in [-0.05, 0) is 39.5 Å². The normalized spacial score (nSPS) is 17.7. The van der Waals surface area contributed by atoms with Gasteiger partial charge < -0.3 is 11.1 Å². The van der Waals surface area contributed by atoms with E-state index in [0.717, 1.165) is 19.1 Å². The van der Waals surface area contributed by atoms with Crippen molar-refractivity contribution in [2.75, 3.05) is 17.3 Å². The van der Waals surface area contributed by atoms with Crippen molar-refractivity contribution in [2.45, 2.75) is 50.6 Å². The number of rotatable bonds is 5. The summed E-state index contributed by atoms with van der Waals surface area (Å²) >= 11 is 0. The van der Waals surface area contributed by atoms with E-state index >= 15 is 0 Å². The number of hydrogen-bond donors (Lipinski definition) is 2. The molecular formula is C12H22N4O2S. The van der Waals surface area contributed by atoms with Crippen LogP contribution in [0.5, 0.6) is 0 Å². The van der Waals surface area contributed by atoms with Crippen LogP contribution in [0.2, 0.25) is 0 Å². The summed E-state index contributed by atoms with van der Waals surface area (Å²) in [6, 6.07) is 0.239. The number of aromatic nitrogens is 2. The monoisotopic (exact) mass is 286 g/mol. The lowest BCUT2D eigenvalue weighted by atomic mass is 10.2. The van der Waals surface area contributed by atoms with Gasteiger partial charge in [-0.1, -0.05) is 0 Å². The lowest BCUT2D eigenvalue weighted by Gasteiger charge is -2.12. The molecule has 1 aromatic heterocycles. The summed E-state index contributed by atoms with van der Waals surface area (Å²) in [5.74, 6) is 1.16. The van der Waals surface area contributed by atoms with Crippen LogP contribution < -0.4 is 11.1 Å². The van der Waals surface area contributed by atoms with Crippen LogP contribution in [0.4, 0.5) is 11.6 Å². The first kappa shape index (κ1) is 14.2. The van der Waals surface area contributed by atoms with Crippen molar-refractivity contribution >= 4 is 21.5 Å². The minimum Gasteiger partial charge on any atom is -0.383 e. The molecule has 108 valence electrons. The molecule has 0 aromatic carbocycles. The molecule has 19 heavy (non-hydrogen) atoms. The first-order chi connectivity index (χ1) is 8.71. The summed E-state index contributed by atoms with van der Waals surface area (Å²) in [6.07, 6.45) is 3.47. The van der Waals surface area contributed by atoms with Gasteiger partial charge in [0.2, 0.25) is 0 Å². The van der Waals surface area contributed by atoms with Crippen LogP contribution in [0.25, 0.3) is 0 Å². The van der Waals surface area contributed by atoms with Crippen LogP contribution >= 0.6 is 0 Å². The highest BCUT2D eigenvalue weighted by Gasteiger charge is 2.33. The van der Waals surface area contributed by atoms with Crippen LogP contribution in [0.15, 0.2) is 4.90 Å². The van der Waals surface area contributed by atoms with Crippen LogP contribution in [-0.4, -0.2) is 30.5 Å². The van der Waals surface area contributed by atoms with E-state index in [9.17, 15) is 8.42 Å². The van der Waals surface area contributed by atoms with Gasteiger partial charge >= 0.3 is 0 Å². The van der Waals surface area contributed by atoms with E-state index in [1.54, 1.807) is 4.68 Å². The topological polar surface area (TPSA) is 90.0 Å². The summed E-state index contributed by atoms with van der Waals surface area (Å²) < 4.78 is 25.5. The minimum absolute atomic E-state index is 0.0967. The first-order valence-corrected chi connectivity index (χ1v) is 8.45. The van der Waals surface area contributed by atoms with Gasteiger partial charge in [0, 0.05) is 12.3 Å². The second-order valence-electron chi connectivity index (χ2n) is 5.66. The summed E-state index contributed by atoms with van der Waals surface area (Å²) in [5.41, 5.74) is 6.01. The average molecular weight is 286 g/mol. The Labute approximate surface area is 114 Å². The van der Waals surface area contributed by atoms with Crippen molar-refractivity contribution in [1.82, 2.24) is 9.78 Å². The molecule has 2 rings (SSSR count). The largest absolute Gasteiger partial charge is 0.383 e. The van der Waals surface area contributed by atoms with Crippen molar-refractivity contribution in [3.8, 4) is 0 Å². The number of nitrogen functional groups attached to an aromatic ring is 1. The Morgan fingerprint density at radius 1 is 1.37 bits per heavy atom. The van der Waals surface area contributed by atoms with Crippen LogP contribution in [0, 0.1) is 5.92 Å². The van der Waals surface area contributed by atoms with Crippen LogP contribution in [0.3, 0.4) is 0 Å². The number of nitrogens with two attached hydrogens (primary N) is 1. The van der Waals surface area contributed by atoms with E-state index in [1.165, 1.54) is 0 Å². The fourth-order valence-corrected chi connectivity index (χ4v) is 3.18. The zero-order valence-electron chi connectivity index (χ0n) is 11.8. The minimum atomic E-state index is -3.40. The Morgan fingerprint density at radius 2 is 1.95 bits per heavy atom.